The molecule has 0 saturated carbocycles. The van der Waals surface area contributed by atoms with Crippen LogP contribution in [0.15, 0.2) is 18.5 Å². The van der Waals surface area contributed by atoms with Gasteiger partial charge in [-0.25, -0.2) is 4.79 Å². The number of carbonyl (C=O) groups is 1. The first-order chi connectivity index (χ1) is 8.56. The Kier molecular flexibility index (Phi) is 4.19. The Labute approximate surface area is 111 Å². The third kappa shape index (κ3) is 3.21. The third-order valence-electron chi connectivity index (χ3n) is 2.92. The Bertz CT molecular complexity index is 428. The zero-order chi connectivity index (χ0) is 13.1. The molecule has 1 aliphatic rings. The molecule has 0 aliphatic carbocycles. The maximum Gasteiger partial charge on any atom is 0.341 e. The summed E-state index contributed by atoms with van der Waals surface area (Å²) < 4.78 is 11.1. The number of nitrogens with zero attached hydrogens (tertiary/aromatic N) is 1. The lowest BCUT2D eigenvalue weighted by atomic mass is 10.0. The lowest BCUT2D eigenvalue weighted by molar-refractivity contribution is -0.0855. The van der Waals surface area contributed by atoms with Gasteiger partial charge in [-0.3, -0.25) is 4.98 Å². The first-order valence-electron chi connectivity index (χ1n) is 6.02. The van der Waals surface area contributed by atoms with E-state index >= 15 is 0 Å². The Morgan fingerprint density at radius 2 is 2.11 bits per heavy atom. The van der Waals surface area contributed by atoms with Gasteiger partial charge in [0, 0.05) is 25.2 Å². The van der Waals surface area contributed by atoms with Gasteiger partial charge in [0.25, 0.3) is 0 Å². The van der Waals surface area contributed by atoms with E-state index in [1.165, 1.54) is 12.4 Å². The van der Waals surface area contributed by atoms with E-state index in [0.717, 1.165) is 0 Å². The number of aromatic nitrogens is 1. The maximum atomic E-state index is 12.0. The van der Waals surface area contributed by atoms with Gasteiger partial charge < -0.3 is 9.47 Å². The normalized spacial score (nSPS) is 27.8. The molecule has 2 heterocycles. The van der Waals surface area contributed by atoms with Crippen molar-refractivity contribution in [2.45, 2.75) is 45.0 Å². The minimum absolute atomic E-state index is 0.107. The first-order valence-corrected chi connectivity index (χ1v) is 6.40. The molecule has 5 heteroatoms. The van der Waals surface area contributed by atoms with Gasteiger partial charge in [-0.05, 0) is 19.9 Å². The van der Waals surface area contributed by atoms with Crippen LogP contribution in [0, 0.1) is 0 Å². The molecule has 1 aromatic heterocycles. The summed E-state index contributed by atoms with van der Waals surface area (Å²) >= 11 is 5.93. The second kappa shape index (κ2) is 5.67. The lowest BCUT2D eigenvalue weighted by Crippen LogP contribution is -2.35. The molecule has 2 unspecified atom stereocenters. The van der Waals surface area contributed by atoms with E-state index in [1.54, 1.807) is 6.07 Å². The molecular formula is C13H16ClNO3. The number of pyridine rings is 1. The average molecular weight is 270 g/mol. The molecule has 18 heavy (non-hydrogen) atoms. The largest absolute Gasteiger partial charge is 0.458 e. The van der Waals surface area contributed by atoms with Crippen molar-refractivity contribution in [3.05, 3.63) is 29.0 Å². The summed E-state index contributed by atoms with van der Waals surface area (Å²) in [5.74, 6) is -0.417. The highest BCUT2D eigenvalue weighted by Crippen LogP contribution is 2.23. The number of ether oxygens (including phenoxy) is 2. The van der Waals surface area contributed by atoms with Crippen molar-refractivity contribution in [3.63, 3.8) is 0 Å². The van der Waals surface area contributed by atoms with Gasteiger partial charge in [-0.15, -0.1) is 0 Å². The van der Waals surface area contributed by atoms with Crippen LogP contribution >= 0.6 is 11.6 Å². The third-order valence-corrected chi connectivity index (χ3v) is 3.25. The molecule has 0 aromatic carbocycles. The zero-order valence-electron chi connectivity index (χ0n) is 10.4. The van der Waals surface area contributed by atoms with E-state index in [2.05, 4.69) is 4.98 Å². The average Bonchev–Trinajstić information content (AvgIpc) is 2.27. The SMILES string of the molecule is CC1CC(OC(=O)c2cnccc2Cl)CC(C)O1. The minimum Gasteiger partial charge on any atom is -0.458 e. The van der Waals surface area contributed by atoms with Crippen molar-refractivity contribution in [1.29, 1.82) is 0 Å². The van der Waals surface area contributed by atoms with Gasteiger partial charge in [0.15, 0.2) is 0 Å². The van der Waals surface area contributed by atoms with Gasteiger partial charge >= 0.3 is 5.97 Å². The smallest absolute Gasteiger partial charge is 0.341 e. The van der Waals surface area contributed by atoms with Gasteiger partial charge in [0.05, 0.1) is 22.8 Å². The Hall–Kier alpha value is -1.13. The number of carbonyl (C=O) groups excluding carboxylic acids is 1. The molecule has 4 nitrogen and oxygen atoms in total. The van der Waals surface area contributed by atoms with Gasteiger partial charge in [0.1, 0.15) is 6.10 Å². The molecule has 1 saturated heterocycles. The van der Waals surface area contributed by atoms with Gasteiger partial charge in [0.2, 0.25) is 0 Å². The minimum atomic E-state index is -0.417. The summed E-state index contributed by atoms with van der Waals surface area (Å²) in [6.07, 6.45) is 4.50. The van der Waals surface area contributed by atoms with E-state index < -0.39 is 5.97 Å². The summed E-state index contributed by atoms with van der Waals surface area (Å²) in [6.45, 7) is 3.96. The molecule has 1 aromatic rings. The molecule has 0 N–H and O–H groups in total. The van der Waals surface area contributed by atoms with Crippen LogP contribution in [-0.4, -0.2) is 29.3 Å². The number of esters is 1. The van der Waals surface area contributed by atoms with E-state index in [4.69, 9.17) is 21.1 Å². The van der Waals surface area contributed by atoms with Crippen LogP contribution in [0.4, 0.5) is 0 Å². The molecule has 2 atom stereocenters. The van der Waals surface area contributed by atoms with Crippen LogP contribution < -0.4 is 0 Å². The molecular weight excluding hydrogens is 254 g/mol. The van der Waals surface area contributed by atoms with Crippen LogP contribution in [0.5, 0.6) is 0 Å². The van der Waals surface area contributed by atoms with Crippen molar-refractivity contribution in [1.82, 2.24) is 4.98 Å². The van der Waals surface area contributed by atoms with E-state index in [9.17, 15) is 4.79 Å². The predicted molar refractivity (Wildman–Crippen MR) is 67.7 cm³/mol. The molecule has 0 bridgehead atoms. The zero-order valence-corrected chi connectivity index (χ0v) is 11.2. The van der Waals surface area contributed by atoms with E-state index in [-0.39, 0.29) is 18.3 Å². The summed E-state index contributed by atoms with van der Waals surface area (Å²) in [5, 5.41) is 0.364. The fourth-order valence-electron chi connectivity index (χ4n) is 2.18. The highest BCUT2D eigenvalue weighted by atomic mass is 35.5. The van der Waals surface area contributed by atoms with Crippen LogP contribution in [0.25, 0.3) is 0 Å². The quantitative estimate of drug-likeness (QED) is 0.775. The molecule has 98 valence electrons. The summed E-state index contributed by atoms with van der Waals surface area (Å²) in [4.78, 5) is 15.8. The van der Waals surface area contributed by atoms with Crippen molar-refractivity contribution >= 4 is 17.6 Å². The fraction of sp³-hybridized carbons (Fsp3) is 0.538. The predicted octanol–water partition coefficient (Wildman–Crippen LogP) is 2.85. The van der Waals surface area contributed by atoms with Gasteiger partial charge in [-0.2, -0.15) is 0 Å². The van der Waals surface area contributed by atoms with Crippen molar-refractivity contribution in [3.8, 4) is 0 Å². The fourth-order valence-corrected chi connectivity index (χ4v) is 2.37. The highest BCUT2D eigenvalue weighted by Gasteiger charge is 2.28. The standard InChI is InChI=1S/C13H16ClNO3/c1-8-5-10(6-9(2)17-8)18-13(16)11-7-15-4-3-12(11)14/h3-4,7-10H,5-6H2,1-2H3. The summed E-state index contributed by atoms with van der Waals surface area (Å²) in [5.41, 5.74) is 0.311. The number of halogens is 1. The molecule has 1 aliphatic heterocycles. The lowest BCUT2D eigenvalue weighted by Gasteiger charge is -2.31. The number of hydrogen-bond donors (Lipinski definition) is 0. The molecule has 1 fully saturated rings. The molecule has 0 amide bonds. The van der Waals surface area contributed by atoms with Gasteiger partial charge in [-0.1, -0.05) is 11.6 Å². The Balaban J connectivity index is 2.01. The van der Waals surface area contributed by atoms with Crippen LogP contribution in [0.2, 0.25) is 5.02 Å². The van der Waals surface area contributed by atoms with E-state index in [0.29, 0.717) is 23.4 Å². The number of rotatable bonds is 2. The van der Waals surface area contributed by atoms with Crippen molar-refractivity contribution in [2.75, 3.05) is 0 Å². The highest BCUT2D eigenvalue weighted by molar-refractivity contribution is 6.33. The summed E-state index contributed by atoms with van der Waals surface area (Å²) in [6, 6.07) is 1.58. The Morgan fingerprint density at radius 3 is 2.72 bits per heavy atom. The van der Waals surface area contributed by atoms with Crippen LogP contribution in [0.1, 0.15) is 37.0 Å². The Morgan fingerprint density at radius 1 is 1.44 bits per heavy atom. The molecule has 0 spiro atoms. The van der Waals surface area contributed by atoms with Crippen LogP contribution in [-0.2, 0) is 9.47 Å². The molecule has 0 radical (unpaired) electrons. The summed E-state index contributed by atoms with van der Waals surface area (Å²) in [7, 11) is 0. The molecule has 2 rings (SSSR count). The van der Waals surface area contributed by atoms with Crippen molar-refractivity contribution in [2.24, 2.45) is 0 Å². The topological polar surface area (TPSA) is 48.4 Å². The van der Waals surface area contributed by atoms with E-state index in [1.807, 2.05) is 13.8 Å². The monoisotopic (exact) mass is 269 g/mol. The second-order valence-electron chi connectivity index (χ2n) is 4.61. The maximum absolute atomic E-state index is 12.0. The van der Waals surface area contributed by atoms with Crippen molar-refractivity contribution < 1.29 is 14.3 Å². The first kappa shape index (κ1) is 13.3. The van der Waals surface area contributed by atoms with Crippen LogP contribution in [0.3, 0.4) is 0 Å². The number of hydrogen-bond acceptors (Lipinski definition) is 4. The second-order valence-corrected chi connectivity index (χ2v) is 5.02.